The predicted octanol–water partition coefficient (Wildman–Crippen LogP) is 2.34. The number of nitrogens with one attached hydrogen (secondary N) is 1. The minimum absolute atomic E-state index is 0.138. The van der Waals surface area contributed by atoms with Gasteiger partial charge in [0.1, 0.15) is 5.75 Å². The molecule has 0 saturated carbocycles. The van der Waals surface area contributed by atoms with Crippen molar-refractivity contribution in [3.63, 3.8) is 0 Å². The maximum atomic E-state index is 11.8. The molecule has 0 aliphatic heterocycles. The normalized spacial score (nSPS) is 12.3. The molecule has 19 heavy (non-hydrogen) atoms. The van der Waals surface area contributed by atoms with Crippen molar-refractivity contribution in [1.82, 2.24) is 5.32 Å². The average molecular weight is 285 g/mol. The fourth-order valence-electron chi connectivity index (χ4n) is 1.76. The van der Waals surface area contributed by atoms with E-state index >= 15 is 0 Å². The zero-order valence-electron chi connectivity index (χ0n) is 11.6. The van der Waals surface area contributed by atoms with Gasteiger partial charge < -0.3 is 15.8 Å². The van der Waals surface area contributed by atoms with E-state index in [1.54, 1.807) is 19.2 Å². The van der Waals surface area contributed by atoms with Crippen LogP contribution in [0.25, 0.3) is 0 Å². The lowest BCUT2D eigenvalue weighted by Gasteiger charge is -2.14. The minimum Gasteiger partial charge on any atom is -0.495 e. The van der Waals surface area contributed by atoms with Gasteiger partial charge in [-0.1, -0.05) is 31.5 Å². The monoisotopic (exact) mass is 284 g/mol. The molecule has 0 radical (unpaired) electrons. The van der Waals surface area contributed by atoms with Crippen LogP contribution in [-0.4, -0.2) is 19.1 Å². The molecule has 3 N–H and O–H groups in total. The Morgan fingerprint density at radius 2 is 2.16 bits per heavy atom. The molecule has 1 aromatic rings. The molecule has 0 aliphatic rings. The van der Waals surface area contributed by atoms with Crippen LogP contribution >= 0.6 is 11.6 Å². The molecule has 0 saturated heterocycles. The molecule has 0 fully saturated rings. The lowest BCUT2D eigenvalue weighted by atomic mass is 10.0. The summed E-state index contributed by atoms with van der Waals surface area (Å²) in [7, 11) is 1.56. The quantitative estimate of drug-likeness (QED) is 0.843. The molecule has 0 aromatic heterocycles. The number of methoxy groups -OCH3 is 1. The van der Waals surface area contributed by atoms with Gasteiger partial charge in [0.15, 0.2) is 0 Å². The van der Waals surface area contributed by atoms with Gasteiger partial charge in [-0.3, -0.25) is 4.79 Å². The van der Waals surface area contributed by atoms with Crippen molar-refractivity contribution in [3.05, 3.63) is 28.8 Å². The lowest BCUT2D eigenvalue weighted by molar-refractivity contribution is -0.122. The second-order valence-corrected chi connectivity index (χ2v) is 5.33. The third-order valence-electron chi connectivity index (χ3n) is 2.75. The fourth-order valence-corrected chi connectivity index (χ4v) is 2.04. The van der Waals surface area contributed by atoms with E-state index in [9.17, 15) is 4.79 Å². The summed E-state index contributed by atoms with van der Waals surface area (Å²) in [6, 6.07) is 4.94. The first kappa shape index (κ1) is 15.8. The van der Waals surface area contributed by atoms with Gasteiger partial charge in [-0.15, -0.1) is 0 Å². The number of amides is 1. The lowest BCUT2D eigenvalue weighted by Crippen LogP contribution is -2.41. The number of benzene rings is 1. The Kier molecular flexibility index (Phi) is 6.12. The Bertz CT molecular complexity index is 435. The van der Waals surface area contributed by atoms with E-state index in [0.29, 0.717) is 29.7 Å². The summed E-state index contributed by atoms with van der Waals surface area (Å²) in [5.74, 6) is 0.880. The summed E-state index contributed by atoms with van der Waals surface area (Å²) in [4.78, 5) is 11.8. The van der Waals surface area contributed by atoms with Crippen molar-refractivity contribution in [2.75, 3.05) is 7.11 Å². The molecule has 1 atom stereocenters. The number of hydrogen-bond acceptors (Lipinski definition) is 3. The van der Waals surface area contributed by atoms with Gasteiger partial charge in [-0.2, -0.15) is 0 Å². The van der Waals surface area contributed by atoms with E-state index in [0.717, 1.165) is 5.56 Å². The van der Waals surface area contributed by atoms with Gasteiger partial charge >= 0.3 is 0 Å². The molecule has 4 nitrogen and oxygen atoms in total. The largest absolute Gasteiger partial charge is 0.495 e. The Hall–Kier alpha value is -1.26. The molecular weight excluding hydrogens is 264 g/mol. The number of halogens is 1. The Morgan fingerprint density at radius 1 is 1.47 bits per heavy atom. The van der Waals surface area contributed by atoms with Gasteiger partial charge in [0.2, 0.25) is 5.91 Å². The number of carbonyl (C=O) groups excluding carboxylic acids is 1. The van der Waals surface area contributed by atoms with Gasteiger partial charge in [-0.05, 0) is 30.0 Å². The number of rotatable bonds is 6. The Labute approximate surface area is 119 Å². The molecule has 1 amide bonds. The maximum Gasteiger partial charge on any atom is 0.237 e. The molecule has 106 valence electrons. The van der Waals surface area contributed by atoms with Crippen LogP contribution in [0.2, 0.25) is 5.02 Å². The van der Waals surface area contributed by atoms with Crippen LogP contribution in [0.1, 0.15) is 25.8 Å². The van der Waals surface area contributed by atoms with Crippen molar-refractivity contribution in [2.24, 2.45) is 11.7 Å². The molecule has 0 unspecified atom stereocenters. The second kappa shape index (κ2) is 7.36. The summed E-state index contributed by atoms with van der Waals surface area (Å²) in [6.45, 7) is 4.49. The topological polar surface area (TPSA) is 64.3 Å². The van der Waals surface area contributed by atoms with E-state index in [2.05, 4.69) is 5.32 Å². The van der Waals surface area contributed by atoms with Crippen LogP contribution in [0, 0.1) is 5.92 Å². The molecule has 0 spiro atoms. The van der Waals surface area contributed by atoms with Crippen LogP contribution in [0.5, 0.6) is 5.75 Å². The van der Waals surface area contributed by atoms with Crippen LogP contribution in [0.15, 0.2) is 18.2 Å². The minimum atomic E-state index is -0.464. The standard InChI is InChI=1S/C14H21ClN2O2/c1-9(2)6-12(16)14(18)17-8-10-4-5-13(19-3)11(15)7-10/h4-5,7,9,12H,6,8,16H2,1-3H3,(H,17,18)/t12-/m0/s1. The molecule has 0 bridgehead atoms. The zero-order valence-corrected chi connectivity index (χ0v) is 12.3. The maximum absolute atomic E-state index is 11.8. The first-order valence-electron chi connectivity index (χ1n) is 6.29. The van der Waals surface area contributed by atoms with Crippen molar-refractivity contribution < 1.29 is 9.53 Å². The third-order valence-corrected chi connectivity index (χ3v) is 3.04. The SMILES string of the molecule is COc1ccc(CNC(=O)[C@@H](N)CC(C)C)cc1Cl. The number of hydrogen-bond donors (Lipinski definition) is 2. The van der Waals surface area contributed by atoms with Gasteiger partial charge in [0, 0.05) is 6.54 Å². The summed E-state index contributed by atoms with van der Waals surface area (Å²) in [5.41, 5.74) is 6.71. The summed E-state index contributed by atoms with van der Waals surface area (Å²) < 4.78 is 5.07. The summed E-state index contributed by atoms with van der Waals surface area (Å²) >= 11 is 6.01. The first-order valence-corrected chi connectivity index (χ1v) is 6.67. The molecule has 1 rings (SSSR count). The van der Waals surface area contributed by atoms with Gasteiger partial charge in [-0.25, -0.2) is 0 Å². The summed E-state index contributed by atoms with van der Waals surface area (Å²) in [6.07, 6.45) is 0.676. The highest BCUT2D eigenvalue weighted by molar-refractivity contribution is 6.32. The smallest absolute Gasteiger partial charge is 0.237 e. The van der Waals surface area contributed by atoms with Gasteiger partial charge in [0.05, 0.1) is 18.2 Å². The van der Waals surface area contributed by atoms with Crippen molar-refractivity contribution >= 4 is 17.5 Å². The molecule has 0 heterocycles. The predicted molar refractivity (Wildman–Crippen MR) is 77.3 cm³/mol. The highest BCUT2D eigenvalue weighted by atomic mass is 35.5. The molecular formula is C14H21ClN2O2. The van der Waals surface area contributed by atoms with E-state index in [1.165, 1.54) is 0 Å². The van der Waals surface area contributed by atoms with Crippen LogP contribution < -0.4 is 15.8 Å². The van der Waals surface area contributed by atoms with Gasteiger partial charge in [0.25, 0.3) is 0 Å². The fraction of sp³-hybridized carbons (Fsp3) is 0.500. The highest BCUT2D eigenvalue weighted by Gasteiger charge is 2.14. The highest BCUT2D eigenvalue weighted by Crippen LogP contribution is 2.24. The number of nitrogens with two attached hydrogens (primary N) is 1. The molecule has 0 aliphatic carbocycles. The summed E-state index contributed by atoms with van der Waals surface area (Å²) in [5, 5.41) is 3.33. The average Bonchev–Trinajstić information content (AvgIpc) is 2.35. The number of ether oxygens (including phenoxy) is 1. The Balaban J connectivity index is 2.52. The second-order valence-electron chi connectivity index (χ2n) is 4.92. The van der Waals surface area contributed by atoms with E-state index in [4.69, 9.17) is 22.1 Å². The molecule has 1 aromatic carbocycles. The van der Waals surface area contributed by atoms with E-state index in [-0.39, 0.29) is 5.91 Å². The first-order chi connectivity index (χ1) is 8.93. The Morgan fingerprint density at radius 3 is 2.68 bits per heavy atom. The third kappa shape index (κ3) is 5.09. The zero-order chi connectivity index (χ0) is 14.4. The van der Waals surface area contributed by atoms with Crippen molar-refractivity contribution in [3.8, 4) is 5.75 Å². The number of carbonyl (C=O) groups is 1. The van der Waals surface area contributed by atoms with Crippen molar-refractivity contribution in [2.45, 2.75) is 32.9 Å². The van der Waals surface area contributed by atoms with E-state index < -0.39 is 6.04 Å². The molecule has 5 heteroatoms. The van der Waals surface area contributed by atoms with Crippen LogP contribution in [-0.2, 0) is 11.3 Å². The van der Waals surface area contributed by atoms with Crippen LogP contribution in [0.4, 0.5) is 0 Å². The van der Waals surface area contributed by atoms with Crippen molar-refractivity contribution in [1.29, 1.82) is 0 Å². The van der Waals surface area contributed by atoms with Crippen LogP contribution in [0.3, 0.4) is 0 Å². The van der Waals surface area contributed by atoms with E-state index in [1.807, 2.05) is 19.9 Å².